The first-order valence-electron chi connectivity index (χ1n) is 6.24. The summed E-state index contributed by atoms with van der Waals surface area (Å²) >= 11 is 12.2. The maximum Gasteiger partial charge on any atom is 0.0439 e. The fourth-order valence-corrected chi connectivity index (χ4v) is 2.68. The molecule has 0 aliphatic heterocycles. The molecule has 0 spiro atoms. The fourth-order valence-electron chi connectivity index (χ4n) is 2.29. The molecular weight excluding hydrogens is 277 g/mol. The molecule has 0 saturated carbocycles. The van der Waals surface area contributed by atoms with E-state index in [9.17, 15) is 0 Å². The van der Waals surface area contributed by atoms with Crippen LogP contribution in [0.4, 0.5) is 0 Å². The fraction of sp³-hybridized carbons (Fsp3) is 0.250. The van der Waals surface area contributed by atoms with Crippen molar-refractivity contribution in [1.29, 1.82) is 0 Å². The highest BCUT2D eigenvalue weighted by atomic mass is 35.5. The van der Waals surface area contributed by atoms with E-state index in [-0.39, 0.29) is 6.04 Å². The zero-order chi connectivity index (χ0) is 14.0. The van der Waals surface area contributed by atoms with E-state index in [2.05, 4.69) is 32.0 Å². The zero-order valence-corrected chi connectivity index (χ0v) is 12.6. The number of nitrogens with two attached hydrogens (primary N) is 1. The predicted molar refractivity (Wildman–Crippen MR) is 83.0 cm³/mol. The van der Waals surface area contributed by atoms with Gasteiger partial charge in [0.15, 0.2) is 0 Å². The first kappa shape index (κ1) is 14.4. The molecule has 0 amide bonds. The van der Waals surface area contributed by atoms with Crippen LogP contribution in [0.15, 0.2) is 36.4 Å². The maximum atomic E-state index is 6.30. The lowest BCUT2D eigenvalue weighted by Gasteiger charge is -2.16. The number of hydrogen-bond acceptors (Lipinski definition) is 1. The van der Waals surface area contributed by atoms with Crippen LogP contribution in [0.2, 0.25) is 10.0 Å². The van der Waals surface area contributed by atoms with Gasteiger partial charge in [-0.2, -0.15) is 0 Å². The van der Waals surface area contributed by atoms with E-state index in [1.54, 1.807) is 6.07 Å². The van der Waals surface area contributed by atoms with E-state index < -0.39 is 0 Å². The van der Waals surface area contributed by atoms with E-state index in [0.29, 0.717) is 16.5 Å². The lowest BCUT2D eigenvalue weighted by atomic mass is 9.95. The van der Waals surface area contributed by atoms with Crippen LogP contribution in [0.1, 0.15) is 28.3 Å². The number of halogens is 2. The largest absolute Gasteiger partial charge is 0.324 e. The Bertz CT molecular complexity index is 593. The summed E-state index contributed by atoms with van der Waals surface area (Å²) in [5.41, 5.74) is 10.9. The Morgan fingerprint density at radius 2 is 1.79 bits per heavy atom. The summed E-state index contributed by atoms with van der Waals surface area (Å²) in [6.07, 6.45) is 0.684. The second-order valence-corrected chi connectivity index (χ2v) is 5.75. The molecule has 0 aliphatic carbocycles. The van der Waals surface area contributed by atoms with Crippen LogP contribution in [-0.2, 0) is 6.42 Å². The highest BCUT2D eigenvalue weighted by Gasteiger charge is 2.12. The van der Waals surface area contributed by atoms with Crippen molar-refractivity contribution in [2.75, 3.05) is 0 Å². The van der Waals surface area contributed by atoms with Gasteiger partial charge in [0, 0.05) is 16.1 Å². The summed E-state index contributed by atoms with van der Waals surface area (Å²) < 4.78 is 0. The highest BCUT2D eigenvalue weighted by molar-refractivity contribution is 6.33. The molecule has 0 saturated heterocycles. The third kappa shape index (κ3) is 3.50. The van der Waals surface area contributed by atoms with Gasteiger partial charge in [-0.1, -0.05) is 47.0 Å². The van der Waals surface area contributed by atoms with E-state index in [1.807, 2.05) is 12.1 Å². The van der Waals surface area contributed by atoms with Crippen molar-refractivity contribution in [2.24, 2.45) is 5.73 Å². The van der Waals surface area contributed by atoms with Crippen molar-refractivity contribution in [2.45, 2.75) is 26.3 Å². The Kier molecular flexibility index (Phi) is 4.51. The van der Waals surface area contributed by atoms with Crippen LogP contribution in [0.3, 0.4) is 0 Å². The minimum Gasteiger partial charge on any atom is -0.324 e. The monoisotopic (exact) mass is 293 g/mol. The smallest absolute Gasteiger partial charge is 0.0439 e. The third-order valence-corrected chi connectivity index (χ3v) is 3.88. The number of hydrogen-bond donors (Lipinski definition) is 1. The van der Waals surface area contributed by atoms with Crippen LogP contribution in [0.25, 0.3) is 0 Å². The lowest BCUT2D eigenvalue weighted by molar-refractivity contribution is 0.716. The SMILES string of the molecule is Cc1ccc(C(N)Cc2cc(Cl)ccc2Cl)c(C)c1. The van der Waals surface area contributed by atoms with Gasteiger partial charge >= 0.3 is 0 Å². The first-order valence-corrected chi connectivity index (χ1v) is 6.99. The normalized spacial score (nSPS) is 12.5. The van der Waals surface area contributed by atoms with Gasteiger partial charge in [-0.3, -0.25) is 0 Å². The Balaban J connectivity index is 2.25. The molecule has 0 aromatic heterocycles. The molecule has 0 fully saturated rings. The molecule has 0 radical (unpaired) electrons. The van der Waals surface area contributed by atoms with E-state index >= 15 is 0 Å². The molecule has 0 heterocycles. The summed E-state index contributed by atoms with van der Waals surface area (Å²) in [7, 11) is 0. The second-order valence-electron chi connectivity index (χ2n) is 4.91. The van der Waals surface area contributed by atoms with Gasteiger partial charge in [0.05, 0.1) is 0 Å². The molecule has 1 unspecified atom stereocenters. The van der Waals surface area contributed by atoms with Gasteiger partial charge in [-0.25, -0.2) is 0 Å². The Labute approximate surface area is 124 Å². The molecule has 2 N–H and O–H groups in total. The molecular formula is C16H17Cl2N. The lowest BCUT2D eigenvalue weighted by Crippen LogP contribution is -2.15. The summed E-state index contributed by atoms with van der Waals surface area (Å²) in [6.45, 7) is 4.16. The molecule has 3 heteroatoms. The molecule has 1 atom stereocenters. The van der Waals surface area contributed by atoms with Gasteiger partial charge in [0.1, 0.15) is 0 Å². The van der Waals surface area contributed by atoms with Crippen molar-refractivity contribution in [3.63, 3.8) is 0 Å². The van der Waals surface area contributed by atoms with Crippen molar-refractivity contribution in [3.8, 4) is 0 Å². The third-order valence-electron chi connectivity index (χ3n) is 3.27. The molecule has 0 bridgehead atoms. The Hall–Kier alpha value is -1.02. The van der Waals surface area contributed by atoms with Gasteiger partial charge in [-0.05, 0) is 55.2 Å². The standard InChI is InChI=1S/C16H17Cl2N/c1-10-3-5-14(11(2)7-10)16(19)9-12-8-13(17)4-6-15(12)18/h3-8,16H,9,19H2,1-2H3. The van der Waals surface area contributed by atoms with Crippen LogP contribution in [-0.4, -0.2) is 0 Å². The van der Waals surface area contributed by atoms with Crippen molar-refractivity contribution >= 4 is 23.2 Å². The summed E-state index contributed by atoms with van der Waals surface area (Å²) in [5.74, 6) is 0. The predicted octanol–water partition coefficient (Wildman–Crippen LogP) is 4.85. The van der Waals surface area contributed by atoms with E-state index in [0.717, 1.165) is 11.1 Å². The van der Waals surface area contributed by atoms with Crippen molar-refractivity contribution in [3.05, 3.63) is 68.7 Å². The van der Waals surface area contributed by atoms with Gasteiger partial charge in [0.2, 0.25) is 0 Å². The number of aryl methyl sites for hydroxylation is 2. The minimum absolute atomic E-state index is 0.0726. The van der Waals surface area contributed by atoms with Gasteiger partial charge < -0.3 is 5.73 Å². The van der Waals surface area contributed by atoms with Gasteiger partial charge in [0.25, 0.3) is 0 Å². The van der Waals surface area contributed by atoms with Crippen LogP contribution in [0.5, 0.6) is 0 Å². The number of benzene rings is 2. The summed E-state index contributed by atoms with van der Waals surface area (Å²) in [5, 5.41) is 1.40. The maximum absolute atomic E-state index is 6.30. The molecule has 1 nitrogen and oxygen atoms in total. The van der Waals surface area contributed by atoms with Gasteiger partial charge in [-0.15, -0.1) is 0 Å². The first-order chi connectivity index (χ1) is 8.97. The van der Waals surface area contributed by atoms with E-state index in [1.165, 1.54) is 11.1 Å². The molecule has 2 rings (SSSR count). The Morgan fingerprint density at radius 1 is 1.05 bits per heavy atom. The summed E-state index contributed by atoms with van der Waals surface area (Å²) in [6, 6.07) is 11.7. The summed E-state index contributed by atoms with van der Waals surface area (Å²) in [4.78, 5) is 0. The van der Waals surface area contributed by atoms with Crippen molar-refractivity contribution < 1.29 is 0 Å². The van der Waals surface area contributed by atoms with Crippen molar-refractivity contribution in [1.82, 2.24) is 0 Å². The zero-order valence-electron chi connectivity index (χ0n) is 11.1. The minimum atomic E-state index is -0.0726. The average Bonchev–Trinajstić information content (AvgIpc) is 2.33. The molecule has 100 valence electrons. The van der Waals surface area contributed by atoms with Crippen LogP contribution < -0.4 is 5.73 Å². The highest BCUT2D eigenvalue weighted by Crippen LogP contribution is 2.26. The molecule has 2 aromatic rings. The van der Waals surface area contributed by atoms with Crippen LogP contribution in [0, 0.1) is 13.8 Å². The molecule has 0 aliphatic rings. The number of rotatable bonds is 3. The molecule has 2 aromatic carbocycles. The Morgan fingerprint density at radius 3 is 2.47 bits per heavy atom. The molecule has 19 heavy (non-hydrogen) atoms. The average molecular weight is 294 g/mol. The van der Waals surface area contributed by atoms with Crippen LogP contribution >= 0.6 is 23.2 Å². The topological polar surface area (TPSA) is 26.0 Å². The quantitative estimate of drug-likeness (QED) is 0.860. The van der Waals surface area contributed by atoms with E-state index in [4.69, 9.17) is 28.9 Å². The second kappa shape index (κ2) is 5.96.